The number of benzene rings is 4. The minimum atomic E-state index is -0.468. The van der Waals surface area contributed by atoms with Crippen molar-refractivity contribution >= 4 is 41.9 Å². The molecule has 3 unspecified atom stereocenters. The van der Waals surface area contributed by atoms with Gasteiger partial charge in [-0.1, -0.05) is 128 Å². The van der Waals surface area contributed by atoms with E-state index in [1.807, 2.05) is 97.1 Å². The Balaban J connectivity index is 0.000000291. The lowest BCUT2D eigenvalue weighted by molar-refractivity contribution is -0.148. The Morgan fingerprint density at radius 2 is 1.08 bits per heavy atom. The third-order valence-electron chi connectivity index (χ3n) is 8.64. The van der Waals surface area contributed by atoms with Crippen molar-refractivity contribution in [2.75, 3.05) is 42.7 Å². The van der Waals surface area contributed by atoms with Gasteiger partial charge in [-0.05, 0) is 46.9 Å². The first kappa shape index (κ1) is 48.8. The van der Waals surface area contributed by atoms with Crippen LogP contribution >= 0.6 is 0 Å². The Hall–Kier alpha value is -7.34. The summed E-state index contributed by atoms with van der Waals surface area (Å²) in [6.07, 6.45) is 11.1. The van der Waals surface area contributed by atoms with Crippen molar-refractivity contribution in [2.24, 2.45) is 11.8 Å². The topological polar surface area (TPSA) is 158 Å². The fourth-order valence-electron chi connectivity index (χ4n) is 5.56. The van der Waals surface area contributed by atoms with E-state index in [4.69, 9.17) is 18.9 Å². The third-order valence-corrected chi connectivity index (χ3v) is 8.64. The van der Waals surface area contributed by atoms with Crippen molar-refractivity contribution in [3.63, 3.8) is 0 Å². The van der Waals surface area contributed by atoms with Crippen LogP contribution in [0.15, 0.2) is 152 Å². The number of rotatable bonds is 10. The Morgan fingerprint density at radius 3 is 1.55 bits per heavy atom. The second kappa shape index (κ2) is 27.3. The van der Waals surface area contributed by atoms with Crippen LogP contribution in [0.1, 0.15) is 44.2 Å². The van der Waals surface area contributed by atoms with E-state index in [-0.39, 0.29) is 29.7 Å². The Kier molecular flexibility index (Phi) is 22.2. The number of ether oxygens (including phenoxy) is 6. The van der Waals surface area contributed by atoms with Crippen LogP contribution in [-0.4, -0.2) is 78.5 Å². The van der Waals surface area contributed by atoms with Crippen LogP contribution < -0.4 is 0 Å². The molecule has 0 bridgehead atoms. The lowest BCUT2D eigenvalue weighted by Gasteiger charge is -2.29. The highest BCUT2D eigenvalue weighted by molar-refractivity contribution is 6.00. The van der Waals surface area contributed by atoms with Crippen LogP contribution in [-0.2, 0) is 47.6 Å². The predicted octanol–water partition coefficient (Wildman–Crippen LogP) is 8.01. The highest BCUT2D eigenvalue weighted by Gasteiger charge is 2.35. The van der Waals surface area contributed by atoms with Gasteiger partial charge in [-0.25, -0.2) is 19.2 Å². The van der Waals surface area contributed by atoms with Crippen LogP contribution in [0.3, 0.4) is 0 Å². The van der Waals surface area contributed by atoms with Crippen LogP contribution in [0.4, 0.5) is 0 Å². The second-order valence-electron chi connectivity index (χ2n) is 12.3. The number of carbonyl (C=O) groups excluding carboxylic acids is 6. The summed E-state index contributed by atoms with van der Waals surface area (Å²) in [6, 6.07) is 33.8. The summed E-state index contributed by atoms with van der Waals surface area (Å²) in [7, 11) is 7.95. The van der Waals surface area contributed by atoms with Crippen molar-refractivity contribution in [2.45, 2.75) is 12.3 Å². The monoisotopic (exact) mass is 818 g/mol. The molecule has 5 rings (SSSR count). The maximum Gasteiger partial charge on any atom is 0.338 e. The van der Waals surface area contributed by atoms with Crippen LogP contribution in [0, 0.1) is 11.8 Å². The van der Waals surface area contributed by atoms with Crippen molar-refractivity contribution in [1.29, 1.82) is 0 Å². The Labute approximate surface area is 350 Å². The molecule has 0 radical (unpaired) electrons. The SMILES string of the molecule is C=Cc1ccccc1.COC(=O)/C=C/C=C/C(=O)OC.COC(=O)C1C=CC(C(=O)OC)C(c2ccccc2)C1.COC(=O)c1ccc(C(=O)OC)c(-c2ccccc2)c1. The maximum absolute atomic E-state index is 11.9. The summed E-state index contributed by atoms with van der Waals surface area (Å²) in [5.41, 5.74) is 4.47. The zero-order valence-corrected chi connectivity index (χ0v) is 34.5. The average molecular weight is 819 g/mol. The van der Waals surface area contributed by atoms with Crippen molar-refractivity contribution in [1.82, 2.24) is 0 Å². The lowest BCUT2D eigenvalue weighted by Crippen LogP contribution is -2.29. The molecule has 1 aliphatic rings. The summed E-state index contributed by atoms with van der Waals surface area (Å²) in [5.74, 6) is -3.12. The van der Waals surface area contributed by atoms with Crippen LogP contribution in [0.5, 0.6) is 0 Å². The molecule has 0 saturated carbocycles. The van der Waals surface area contributed by atoms with Crippen molar-refractivity contribution in [3.05, 3.63) is 174 Å². The minimum absolute atomic E-state index is 0.0715. The van der Waals surface area contributed by atoms with Crippen molar-refractivity contribution < 1.29 is 57.2 Å². The van der Waals surface area contributed by atoms with E-state index < -0.39 is 23.9 Å². The summed E-state index contributed by atoms with van der Waals surface area (Å²) >= 11 is 0. The largest absolute Gasteiger partial charge is 0.469 e. The van der Waals surface area contributed by atoms with E-state index >= 15 is 0 Å². The lowest BCUT2D eigenvalue weighted by atomic mass is 9.75. The Morgan fingerprint density at radius 1 is 0.567 bits per heavy atom. The quantitative estimate of drug-likeness (QED) is 0.0500. The van der Waals surface area contributed by atoms with E-state index in [1.165, 1.54) is 72.5 Å². The smallest absolute Gasteiger partial charge is 0.338 e. The molecule has 0 heterocycles. The first-order chi connectivity index (χ1) is 29.0. The number of hydrogen-bond acceptors (Lipinski definition) is 12. The molecule has 0 aliphatic heterocycles. The van der Waals surface area contributed by atoms with E-state index in [0.717, 1.165) is 11.1 Å². The molecule has 0 aromatic heterocycles. The molecule has 0 saturated heterocycles. The predicted molar refractivity (Wildman–Crippen MR) is 227 cm³/mol. The number of carbonyl (C=O) groups is 6. The fraction of sp³-hybridized carbons (Fsp3) is 0.208. The number of esters is 6. The van der Waals surface area contributed by atoms with E-state index in [0.29, 0.717) is 23.1 Å². The van der Waals surface area contributed by atoms with Crippen LogP contribution in [0.2, 0.25) is 0 Å². The average Bonchev–Trinajstić information content (AvgIpc) is 3.32. The second-order valence-corrected chi connectivity index (χ2v) is 12.3. The van der Waals surface area contributed by atoms with Gasteiger partial charge in [0, 0.05) is 18.1 Å². The molecule has 0 spiro atoms. The first-order valence-corrected chi connectivity index (χ1v) is 18.4. The standard InChI is InChI=1S/C16H18O4.C16H14O4.C8H10O4.C8H8/c2*1-19-15(17)12-8-9-13(16(18)20-2)14(10-12)11-6-4-3-5-7-11;1-11-7(9)5-3-4-6-8(10)12-2;1-2-8-6-4-3-5-7-8/h3-9,12-14H,10H2,1-2H3;3-10H,1-2H3;3-6H,1-2H3;2-7H,1H2/b;;5-3+,6-4+;. The van der Waals surface area contributed by atoms with Crippen LogP contribution in [0.25, 0.3) is 17.2 Å². The molecule has 60 heavy (non-hydrogen) atoms. The molecule has 0 fully saturated rings. The summed E-state index contributed by atoms with van der Waals surface area (Å²) < 4.78 is 27.7. The molecule has 12 nitrogen and oxygen atoms in total. The van der Waals surface area contributed by atoms with Gasteiger partial charge in [0.15, 0.2) is 0 Å². The highest BCUT2D eigenvalue weighted by atomic mass is 16.5. The van der Waals surface area contributed by atoms with Gasteiger partial charge in [-0.2, -0.15) is 0 Å². The highest BCUT2D eigenvalue weighted by Crippen LogP contribution is 2.37. The summed E-state index contributed by atoms with van der Waals surface area (Å²) in [6.45, 7) is 3.63. The number of methoxy groups -OCH3 is 6. The van der Waals surface area contributed by atoms with E-state index in [2.05, 4.69) is 16.1 Å². The van der Waals surface area contributed by atoms with Gasteiger partial charge in [0.1, 0.15) is 0 Å². The van der Waals surface area contributed by atoms with Gasteiger partial charge in [0.05, 0.1) is 65.6 Å². The number of hydrogen-bond donors (Lipinski definition) is 0. The molecule has 3 atom stereocenters. The molecule has 314 valence electrons. The Bertz CT molecular complexity index is 2060. The van der Waals surface area contributed by atoms with Gasteiger partial charge >= 0.3 is 35.8 Å². The van der Waals surface area contributed by atoms with E-state index in [1.54, 1.807) is 30.4 Å². The van der Waals surface area contributed by atoms with Gasteiger partial charge in [-0.15, -0.1) is 0 Å². The van der Waals surface area contributed by atoms with Gasteiger partial charge < -0.3 is 28.4 Å². The molecule has 0 amide bonds. The normalized spacial score (nSPS) is 14.9. The first-order valence-electron chi connectivity index (χ1n) is 18.4. The van der Waals surface area contributed by atoms with Gasteiger partial charge in [0.2, 0.25) is 0 Å². The zero-order valence-electron chi connectivity index (χ0n) is 34.5. The molecular formula is C48H50O12. The molecule has 0 N–H and O–H groups in total. The molecule has 4 aromatic rings. The molecule has 12 heteroatoms. The fourth-order valence-corrected chi connectivity index (χ4v) is 5.56. The minimum Gasteiger partial charge on any atom is -0.469 e. The summed E-state index contributed by atoms with van der Waals surface area (Å²) in [4.78, 5) is 68.0. The van der Waals surface area contributed by atoms with Gasteiger partial charge in [-0.3, -0.25) is 9.59 Å². The number of allylic oxidation sites excluding steroid dienone is 2. The molecular weight excluding hydrogens is 769 g/mol. The molecule has 4 aromatic carbocycles. The van der Waals surface area contributed by atoms with Crippen molar-refractivity contribution in [3.8, 4) is 11.1 Å². The molecule has 1 aliphatic carbocycles. The van der Waals surface area contributed by atoms with Gasteiger partial charge in [0.25, 0.3) is 0 Å². The van der Waals surface area contributed by atoms with E-state index in [9.17, 15) is 28.8 Å². The maximum atomic E-state index is 11.9. The zero-order chi connectivity index (χ0) is 44.3. The third kappa shape index (κ3) is 16.3. The summed E-state index contributed by atoms with van der Waals surface area (Å²) in [5, 5.41) is 0.